The summed E-state index contributed by atoms with van der Waals surface area (Å²) < 4.78 is 0. The maximum Gasteiger partial charge on any atom is 0.247 e. The molecular weight excluding hydrogens is 1030 g/mol. The van der Waals surface area contributed by atoms with Crippen LogP contribution in [0.1, 0.15) is 10.4 Å². The molecular formula is C64H43IrN3O2-2. The molecule has 0 saturated carbocycles. The van der Waals surface area contributed by atoms with Crippen LogP contribution in [0.25, 0.3) is 100 Å². The molecule has 70 heavy (non-hydrogen) atoms. The molecule has 11 aromatic rings. The van der Waals surface area contributed by atoms with Gasteiger partial charge in [0.1, 0.15) is 0 Å². The van der Waals surface area contributed by atoms with Crippen LogP contribution in [0.4, 0.5) is 0 Å². The van der Waals surface area contributed by atoms with Crippen molar-refractivity contribution in [3.8, 4) is 100 Å². The third-order valence-electron chi connectivity index (χ3n) is 12.0. The summed E-state index contributed by atoms with van der Waals surface area (Å²) in [6.45, 7) is 0. The number of hydrogen-bond donors (Lipinski definition) is 1. The SMILES string of the molecule is O=C(O)c1[c-]cccc1.[Ir].[c-]1ccccc1-c1cc(-c2ccc(-c3ccccc3)cc2)c(-c2ccccc2-c2cc(-c3ccccc3-c3cccnc3)cc(-c3ccccc3-c3cccnc3)c2)cn1. The van der Waals surface area contributed by atoms with E-state index >= 15 is 0 Å². The second-order valence-electron chi connectivity index (χ2n) is 16.3. The second kappa shape index (κ2) is 22.0. The number of rotatable bonds is 10. The van der Waals surface area contributed by atoms with Crippen LogP contribution >= 0.6 is 0 Å². The zero-order chi connectivity index (χ0) is 46.8. The summed E-state index contributed by atoms with van der Waals surface area (Å²) >= 11 is 0. The van der Waals surface area contributed by atoms with E-state index in [9.17, 15) is 4.79 Å². The molecule has 0 unspecified atom stereocenters. The first-order valence-electron chi connectivity index (χ1n) is 22.6. The zero-order valence-electron chi connectivity index (χ0n) is 37.8. The Bertz CT molecular complexity index is 3400. The minimum absolute atomic E-state index is 0. The summed E-state index contributed by atoms with van der Waals surface area (Å²) in [7, 11) is 0. The van der Waals surface area contributed by atoms with Crippen LogP contribution in [-0.2, 0) is 20.1 Å². The Labute approximate surface area is 421 Å². The fourth-order valence-electron chi connectivity index (χ4n) is 8.69. The molecule has 1 radical (unpaired) electrons. The van der Waals surface area contributed by atoms with Crippen molar-refractivity contribution in [2.24, 2.45) is 0 Å². The van der Waals surface area contributed by atoms with Crippen LogP contribution in [0.5, 0.6) is 0 Å². The molecule has 0 aliphatic carbocycles. The van der Waals surface area contributed by atoms with E-state index in [0.717, 1.165) is 89.1 Å². The maximum atomic E-state index is 10.2. The van der Waals surface area contributed by atoms with Gasteiger partial charge < -0.3 is 14.9 Å². The van der Waals surface area contributed by atoms with Gasteiger partial charge in [0, 0.05) is 67.8 Å². The van der Waals surface area contributed by atoms with Crippen LogP contribution in [0, 0.1) is 12.1 Å². The number of hydrogen-bond acceptors (Lipinski definition) is 4. The van der Waals surface area contributed by atoms with E-state index < -0.39 is 5.97 Å². The Morgan fingerprint density at radius 2 is 0.800 bits per heavy atom. The molecule has 0 aliphatic rings. The molecule has 11 rings (SSSR count). The summed E-state index contributed by atoms with van der Waals surface area (Å²) in [4.78, 5) is 24.2. The van der Waals surface area contributed by atoms with E-state index in [1.54, 1.807) is 18.2 Å². The summed E-state index contributed by atoms with van der Waals surface area (Å²) in [6, 6.07) is 83.3. The van der Waals surface area contributed by atoms with E-state index in [1.165, 1.54) is 17.2 Å². The van der Waals surface area contributed by atoms with Gasteiger partial charge in [-0.25, -0.2) is 0 Å². The molecule has 0 spiro atoms. The van der Waals surface area contributed by atoms with Gasteiger partial charge in [-0.15, -0.1) is 66.2 Å². The molecule has 0 bridgehead atoms. The van der Waals surface area contributed by atoms with Crippen LogP contribution < -0.4 is 0 Å². The zero-order valence-corrected chi connectivity index (χ0v) is 40.2. The smallest absolute Gasteiger partial charge is 0.247 e. The average Bonchev–Trinajstić information content (AvgIpc) is 3.44. The number of aromatic carboxylic acids is 1. The summed E-state index contributed by atoms with van der Waals surface area (Å²) in [6.07, 6.45) is 9.56. The van der Waals surface area contributed by atoms with Crippen molar-refractivity contribution in [2.45, 2.75) is 0 Å². The average molecular weight is 1080 g/mol. The van der Waals surface area contributed by atoms with Crippen molar-refractivity contribution in [1.29, 1.82) is 0 Å². The van der Waals surface area contributed by atoms with Crippen molar-refractivity contribution in [3.63, 3.8) is 0 Å². The van der Waals surface area contributed by atoms with Gasteiger partial charge in [-0.2, -0.15) is 0 Å². The van der Waals surface area contributed by atoms with Gasteiger partial charge in [-0.05, 0) is 108 Å². The van der Waals surface area contributed by atoms with Gasteiger partial charge in [-0.3, -0.25) is 9.97 Å². The molecule has 3 aromatic heterocycles. The summed E-state index contributed by atoms with van der Waals surface area (Å²) in [5, 5.41) is 8.35. The molecule has 1 N–H and O–H groups in total. The third kappa shape index (κ3) is 10.4. The first-order valence-corrected chi connectivity index (χ1v) is 22.6. The van der Waals surface area contributed by atoms with Gasteiger partial charge >= 0.3 is 0 Å². The Balaban J connectivity index is 0.000000550. The van der Waals surface area contributed by atoms with E-state index in [0.29, 0.717) is 0 Å². The van der Waals surface area contributed by atoms with Crippen LogP contribution in [0.15, 0.2) is 255 Å². The fourth-order valence-corrected chi connectivity index (χ4v) is 8.69. The van der Waals surface area contributed by atoms with Gasteiger partial charge in [0.05, 0.1) is 0 Å². The molecule has 3 heterocycles. The van der Waals surface area contributed by atoms with E-state index in [4.69, 9.17) is 10.1 Å². The van der Waals surface area contributed by atoms with Crippen molar-refractivity contribution in [3.05, 3.63) is 273 Å². The molecule has 0 aliphatic heterocycles. The van der Waals surface area contributed by atoms with Gasteiger partial charge in [0.25, 0.3) is 0 Å². The van der Waals surface area contributed by atoms with Crippen molar-refractivity contribution in [1.82, 2.24) is 15.0 Å². The molecule has 337 valence electrons. The molecule has 0 fully saturated rings. The van der Waals surface area contributed by atoms with Crippen molar-refractivity contribution >= 4 is 5.97 Å². The van der Waals surface area contributed by atoms with Crippen LogP contribution in [0.3, 0.4) is 0 Å². The maximum absolute atomic E-state index is 10.2. The molecule has 0 saturated heterocycles. The Morgan fingerprint density at radius 1 is 0.357 bits per heavy atom. The first kappa shape index (κ1) is 46.4. The monoisotopic (exact) mass is 1080 g/mol. The molecule has 0 amide bonds. The number of carboxylic acid groups (broad SMARTS) is 1. The molecule has 5 nitrogen and oxygen atoms in total. The predicted molar refractivity (Wildman–Crippen MR) is 280 cm³/mol. The molecule has 0 atom stereocenters. The van der Waals surface area contributed by atoms with Crippen molar-refractivity contribution < 1.29 is 30.0 Å². The fraction of sp³-hybridized carbons (Fsp3) is 0. The van der Waals surface area contributed by atoms with Gasteiger partial charge in [0.2, 0.25) is 5.97 Å². The molecule has 8 aromatic carbocycles. The quantitative estimate of drug-likeness (QED) is 0.138. The third-order valence-corrected chi connectivity index (χ3v) is 12.0. The number of carbonyl (C=O) groups is 1. The van der Waals surface area contributed by atoms with Crippen molar-refractivity contribution in [2.75, 3.05) is 0 Å². The number of pyridine rings is 3. The number of carboxylic acids is 1. The van der Waals surface area contributed by atoms with E-state index in [-0.39, 0.29) is 25.7 Å². The van der Waals surface area contributed by atoms with Gasteiger partial charge in [0.15, 0.2) is 0 Å². The topological polar surface area (TPSA) is 76.0 Å². The summed E-state index contributed by atoms with van der Waals surface area (Å²) in [5.74, 6) is -0.935. The Morgan fingerprint density at radius 3 is 1.27 bits per heavy atom. The second-order valence-corrected chi connectivity index (χ2v) is 16.3. The number of aromatic nitrogens is 3. The summed E-state index contributed by atoms with van der Waals surface area (Å²) in [5.41, 5.74) is 19.9. The first-order chi connectivity index (χ1) is 34.1. The Hall–Kier alpha value is -8.67. The predicted octanol–water partition coefficient (Wildman–Crippen LogP) is 15.9. The normalized spacial score (nSPS) is 10.6. The van der Waals surface area contributed by atoms with E-state index in [2.05, 4.69) is 192 Å². The minimum Gasteiger partial charge on any atom is -0.521 e. The largest absolute Gasteiger partial charge is 0.521 e. The Kier molecular flexibility index (Phi) is 14.6. The standard InChI is InChI=1S/C57H38N3.C7H5O2.Ir/c1-3-15-40(16-4-1)41-27-29-42(30-28-41)55-36-57(43-17-5-2-6-18-43)60-39-56(55)54-26-12-11-25-53(54)48-34-46(51-23-9-7-21-49(51)44-19-13-31-58-37-44)33-47(35-48)52-24-10-8-22-50(52)45-20-14-32-59-38-45;8-7(9)6-4-2-1-3-5-6;/h1-17,19-39H;1-4H,(H,8,9);/q2*-1;. The van der Waals surface area contributed by atoms with Gasteiger partial charge in [-0.1, -0.05) is 151 Å². The van der Waals surface area contributed by atoms with Crippen LogP contribution in [-0.4, -0.2) is 26.0 Å². The molecule has 6 heteroatoms. The number of nitrogens with zero attached hydrogens (tertiary/aromatic N) is 3. The van der Waals surface area contributed by atoms with E-state index in [1.807, 2.05) is 61.3 Å². The number of benzene rings is 8. The van der Waals surface area contributed by atoms with Crippen LogP contribution in [0.2, 0.25) is 0 Å². The minimum atomic E-state index is -0.935.